The molecule has 1 heterocycles. The molecular weight excluding hydrogens is 261 g/mol. The number of benzene rings is 1. The second kappa shape index (κ2) is 6.01. The van der Waals surface area contributed by atoms with Gasteiger partial charge in [-0.3, -0.25) is 0 Å². The van der Waals surface area contributed by atoms with Gasteiger partial charge in [-0.25, -0.2) is 14.2 Å². The molecule has 0 aliphatic rings. The molecule has 20 heavy (non-hydrogen) atoms. The number of hydrogen-bond donors (Lipinski definition) is 3. The van der Waals surface area contributed by atoms with E-state index in [1.807, 2.05) is 0 Å². The summed E-state index contributed by atoms with van der Waals surface area (Å²) < 4.78 is 12.7. The van der Waals surface area contributed by atoms with E-state index in [0.29, 0.717) is 18.8 Å². The van der Waals surface area contributed by atoms with Crippen LogP contribution in [0.4, 0.5) is 15.9 Å². The van der Waals surface area contributed by atoms with Crippen molar-refractivity contribution in [1.82, 2.24) is 4.98 Å². The van der Waals surface area contributed by atoms with Crippen LogP contribution in [0.2, 0.25) is 0 Å². The quantitative estimate of drug-likeness (QED) is 0.778. The number of carboxylic acid groups (broad SMARTS) is 1. The number of nitrogens with zero attached hydrogens (tertiary/aromatic N) is 1. The van der Waals surface area contributed by atoms with Gasteiger partial charge in [-0.05, 0) is 30.2 Å². The van der Waals surface area contributed by atoms with Gasteiger partial charge in [0, 0.05) is 12.7 Å². The Bertz CT molecular complexity index is 614. The number of rotatable bonds is 5. The fraction of sp³-hybridized carbons (Fsp3) is 0.143. The number of halogens is 1. The maximum absolute atomic E-state index is 12.7. The molecule has 6 heteroatoms. The molecule has 4 N–H and O–H groups in total. The number of hydrogen-bond acceptors (Lipinski definition) is 4. The van der Waals surface area contributed by atoms with Crippen LogP contribution in [0.1, 0.15) is 15.9 Å². The van der Waals surface area contributed by atoms with Crippen molar-refractivity contribution in [1.29, 1.82) is 0 Å². The van der Waals surface area contributed by atoms with E-state index in [0.717, 1.165) is 5.56 Å². The van der Waals surface area contributed by atoms with Crippen molar-refractivity contribution in [2.24, 2.45) is 0 Å². The molecular formula is C14H14FN3O2. The average molecular weight is 275 g/mol. The molecule has 1 aromatic carbocycles. The van der Waals surface area contributed by atoms with Crippen LogP contribution in [-0.2, 0) is 6.42 Å². The summed E-state index contributed by atoms with van der Waals surface area (Å²) >= 11 is 0. The maximum atomic E-state index is 12.7. The average Bonchev–Trinajstić information content (AvgIpc) is 2.42. The van der Waals surface area contributed by atoms with Gasteiger partial charge in [0.05, 0.1) is 11.3 Å². The fourth-order valence-electron chi connectivity index (χ4n) is 1.78. The molecule has 104 valence electrons. The van der Waals surface area contributed by atoms with Crippen molar-refractivity contribution < 1.29 is 14.3 Å². The number of nitrogens with two attached hydrogens (primary N) is 1. The molecule has 0 unspecified atom stereocenters. The second-order valence-electron chi connectivity index (χ2n) is 4.23. The van der Waals surface area contributed by atoms with E-state index < -0.39 is 5.97 Å². The lowest BCUT2D eigenvalue weighted by Gasteiger charge is -2.09. The Labute approximate surface area is 115 Å². The zero-order valence-corrected chi connectivity index (χ0v) is 10.6. The Hall–Kier alpha value is -2.63. The first-order valence-electron chi connectivity index (χ1n) is 6.04. The second-order valence-corrected chi connectivity index (χ2v) is 4.23. The highest BCUT2D eigenvalue weighted by Gasteiger charge is 2.11. The van der Waals surface area contributed by atoms with Gasteiger partial charge < -0.3 is 16.2 Å². The molecule has 0 spiro atoms. The van der Waals surface area contributed by atoms with E-state index in [4.69, 9.17) is 10.8 Å². The van der Waals surface area contributed by atoms with Crippen molar-refractivity contribution in [3.8, 4) is 0 Å². The van der Waals surface area contributed by atoms with Gasteiger partial charge >= 0.3 is 5.97 Å². The molecule has 0 saturated heterocycles. The number of aromatic carboxylic acids is 1. The third-order valence-corrected chi connectivity index (χ3v) is 2.84. The standard InChI is InChI=1S/C14H14FN3O2/c15-10-3-1-9(2-4-10)5-7-17-13-12(16)11(14(19)20)6-8-18-13/h1-4,6,8H,5,7,16H2,(H,17,18)(H,19,20). The van der Waals surface area contributed by atoms with Crippen LogP contribution in [0, 0.1) is 5.82 Å². The number of carboxylic acids is 1. The zero-order valence-electron chi connectivity index (χ0n) is 10.6. The van der Waals surface area contributed by atoms with Crippen molar-refractivity contribution in [3.05, 3.63) is 53.5 Å². The molecule has 2 rings (SSSR count). The molecule has 0 bridgehead atoms. The van der Waals surface area contributed by atoms with Crippen LogP contribution in [0.15, 0.2) is 36.5 Å². The van der Waals surface area contributed by atoms with Crippen LogP contribution in [0.3, 0.4) is 0 Å². The van der Waals surface area contributed by atoms with Crippen LogP contribution in [0.5, 0.6) is 0 Å². The lowest BCUT2D eigenvalue weighted by molar-refractivity contribution is 0.0698. The lowest BCUT2D eigenvalue weighted by Crippen LogP contribution is -2.11. The fourth-order valence-corrected chi connectivity index (χ4v) is 1.78. The Morgan fingerprint density at radius 2 is 2.00 bits per heavy atom. The summed E-state index contributed by atoms with van der Waals surface area (Å²) in [6, 6.07) is 7.53. The zero-order chi connectivity index (χ0) is 14.5. The minimum Gasteiger partial charge on any atom is -0.478 e. The van der Waals surface area contributed by atoms with E-state index in [9.17, 15) is 9.18 Å². The van der Waals surface area contributed by atoms with Crippen LogP contribution < -0.4 is 11.1 Å². The predicted molar refractivity (Wildman–Crippen MR) is 74.2 cm³/mol. The van der Waals surface area contributed by atoms with Crippen LogP contribution >= 0.6 is 0 Å². The first kappa shape index (κ1) is 13.8. The molecule has 0 radical (unpaired) electrons. The predicted octanol–water partition coefficient (Wildman–Crippen LogP) is 2.16. The lowest BCUT2D eigenvalue weighted by atomic mass is 10.1. The number of nitrogen functional groups attached to an aromatic ring is 1. The van der Waals surface area contributed by atoms with Gasteiger partial charge in [-0.2, -0.15) is 0 Å². The molecule has 0 aliphatic heterocycles. The van der Waals surface area contributed by atoms with Gasteiger partial charge in [-0.1, -0.05) is 12.1 Å². The summed E-state index contributed by atoms with van der Waals surface area (Å²) in [7, 11) is 0. The summed E-state index contributed by atoms with van der Waals surface area (Å²) in [6.45, 7) is 0.520. The van der Waals surface area contributed by atoms with Gasteiger partial charge in [0.1, 0.15) is 11.6 Å². The van der Waals surface area contributed by atoms with Crippen molar-refractivity contribution in [3.63, 3.8) is 0 Å². The Kier molecular flexibility index (Phi) is 4.14. The summed E-state index contributed by atoms with van der Waals surface area (Å²) in [5.74, 6) is -1.03. The van der Waals surface area contributed by atoms with Gasteiger partial charge in [-0.15, -0.1) is 0 Å². The molecule has 0 amide bonds. The summed E-state index contributed by atoms with van der Waals surface area (Å²) in [4.78, 5) is 14.9. The molecule has 0 fully saturated rings. The normalized spacial score (nSPS) is 10.2. The van der Waals surface area contributed by atoms with E-state index in [2.05, 4.69) is 10.3 Å². The highest BCUT2D eigenvalue weighted by Crippen LogP contribution is 2.19. The number of anilines is 2. The van der Waals surface area contributed by atoms with E-state index in [1.54, 1.807) is 12.1 Å². The van der Waals surface area contributed by atoms with E-state index in [1.165, 1.54) is 24.4 Å². The highest BCUT2D eigenvalue weighted by molar-refractivity contribution is 5.96. The third kappa shape index (κ3) is 3.23. The third-order valence-electron chi connectivity index (χ3n) is 2.84. The first-order valence-corrected chi connectivity index (χ1v) is 6.04. The van der Waals surface area contributed by atoms with Crippen molar-refractivity contribution in [2.45, 2.75) is 6.42 Å². The summed E-state index contributed by atoms with van der Waals surface area (Å²) in [5, 5.41) is 11.9. The van der Waals surface area contributed by atoms with Crippen LogP contribution in [-0.4, -0.2) is 22.6 Å². The largest absolute Gasteiger partial charge is 0.478 e. The molecule has 0 aliphatic carbocycles. The number of nitrogens with one attached hydrogen (secondary N) is 1. The van der Waals surface area contributed by atoms with Crippen molar-refractivity contribution in [2.75, 3.05) is 17.6 Å². The van der Waals surface area contributed by atoms with E-state index >= 15 is 0 Å². The molecule has 0 atom stereocenters. The van der Waals surface area contributed by atoms with Gasteiger partial charge in [0.15, 0.2) is 0 Å². The molecule has 0 saturated carbocycles. The maximum Gasteiger partial charge on any atom is 0.337 e. The highest BCUT2D eigenvalue weighted by atomic mass is 19.1. The van der Waals surface area contributed by atoms with Gasteiger partial charge in [0.2, 0.25) is 0 Å². The molecule has 5 nitrogen and oxygen atoms in total. The number of carbonyl (C=O) groups is 1. The minimum atomic E-state index is -1.09. The first-order chi connectivity index (χ1) is 9.58. The van der Waals surface area contributed by atoms with E-state index in [-0.39, 0.29) is 17.1 Å². The van der Waals surface area contributed by atoms with Crippen LogP contribution in [0.25, 0.3) is 0 Å². The summed E-state index contributed by atoms with van der Waals surface area (Å²) in [5.41, 5.74) is 6.82. The Morgan fingerprint density at radius 1 is 1.30 bits per heavy atom. The number of aromatic nitrogens is 1. The molecule has 1 aromatic heterocycles. The molecule has 2 aromatic rings. The minimum absolute atomic E-state index is 0.0179. The smallest absolute Gasteiger partial charge is 0.337 e. The van der Waals surface area contributed by atoms with Gasteiger partial charge in [0.25, 0.3) is 0 Å². The SMILES string of the molecule is Nc1c(C(=O)O)ccnc1NCCc1ccc(F)cc1. The summed E-state index contributed by atoms with van der Waals surface area (Å²) in [6.07, 6.45) is 2.04. The monoisotopic (exact) mass is 275 g/mol. The Balaban J connectivity index is 1.99. The topological polar surface area (TPSA) is 88.2 Å². The van der Waals surface area contributed by atoms with Crippen molar-refractivity contribution >= 4 is 17.5 Å². The number of pyridine rings is 1. The Morgan fingerprint density at radius 3 is 2.65 bits per heavy atom.